The van der Waals surface area contributed by atoms with E-state index < -0.39 is 21.4 Å². The molecule has 34 heavy (non-hydrogen) atoms. The van der Waals surface area contributed by atoms with Crippen LogP contribution in [0.25, 0.3) is 6.08 Å². The molecule has 10 heteroatoms. The highest BCUT2D eigenvalue weighted by molar-refractivity contribution is 7.92. The molecule has 0 saturated carbocycles. The van der Waals surface area contributed by atoms with Crippen molar-refractivity contribution in [3.05, 3.63) is 65.5 Å². The Morgan fingerprint density at radius 1 is 1.24 bits per heavy atom. The molecule has 8 nitrogen and oxygen atoms in total. The summed E-state index contributed by atoms with van der Waals surface area (Å²) in [6.07, 6.45) is 5.84. The summed E-state index contributed by atoms with van der Waals surface area (Å²) in [6, 6.07) is 11.7. The second-order valence-electron chi connectivity index (χ2n) is 8.49. The zero-order valence-corrected chi connectivity index (χ0v) is 19.8. The smallest absolute Gasteiger partial charge is 0.246 e. The van der Waals surface area contributed by atoms with Crippen molar-refractivity contribution in [1.82, 2.24) is 4.90 Å². The van der Waals surface area contributed by atoms with Crippen molar-refractivity contribution in [2.45, 2.75) is 24.9 Å². The first-order chi connectivity index (χ1) is 16.2. The number of ether oxygens (including phenoxy) is 1. The first-order valence-corrected chi connectivity index (χ1v) is 12.7. The third-order valence-corrected chi connectivity index (χ3v) is 6.53. The molecule has 2 aromatic carbocycles. The van der Waals surface area contributed by atoms with Crippen molar-refractivity contribution in [2.75, 3.05) is 31.2 Å². The number of nitrogens with zero attached hydrogens (tertiary/aromatic N) is 2. The van der Waals surface area contributed by atoms with Gasteiger partial charge in [0, 0.05) is 44.0 Å². The minimum atomic E-state index is -3.58. The second kappa shape index (κ2) is 9.46. The number of halogens is 1. The van der Waals surface area contributed by atoms with Gasteiger partial charge in [-0.1, -0.05) is 23.4 Å². The van der Waals surface area contributed by atoms with Crippen LogP contribution < -0.4 is 9.46 Å². The molecule has 1 N–H and O–H groups in total. The maximum absolute atomic E-state index is 14.1. The van der Waals surface area contributed by atoms with E-state index >= 15 is 0 Å². The van der Waals surface area contributed by atoms with Crippen LogP contribution in [-0.2, 0) is 19.7 Å². The van der Waals surface area contributed by atoms with Gasteiger partial charge in [0.05, 0.1) is 24.8 Å². The number of hydrogen-bond acceptors (Lipinski definition) is 6. The number of piperidine rings is 1. The molecule has 2 aliphatic heterocycles. The molecule has 0 radical (unpaired) electrons. The summed E-state index contributed by atoms with van der Waals surface area (Å²) in [7, 11) is -1.96. The van der Waals surface area contributed by atoms with Crippen LogP contribution in [-0.4, -0.2) is 57.0 Å². The highest BCUT2D eigenvalue weighted by Crippen LogP contribution is 2.36. The topological polar surface area (TPSA) is 97.3 Å². The molecule has 0 bridgehead atoms. The van der Waals surface area contributed by atoms with Gasteiger partial charge in [0.1, 0.15) is 17.2 Å². The van der Waals surface area contributed by atoms with Gasteiger partial charge in [-0.15, -0.1) is 0 Å². The van der Waals surface area contributed by atoms with Crippen LogP contribution in [0, 0.1) is 5.82 Å². The first-order valence-electron chi connectivity index (χ1n) is 10.8. The lowest BCUT2D eigenvalue weighted by Gasteiger charge is -2.36. The van der Waals surface area contributed by atoms with E-state index in [1.807, 2.05) is 24.3 Å². The molecule has 0 unspecified atom stereocenters. The van der Waals surface area contributed by atoms with Crippen LogP contribution >= 0.6 is 0 Å². The molecule has 1 saturated heterocycles. The molecular formula is C24H26FN3O5S. The summed E-state index contributed by atoms with van der Waals surface area (Å²) in [6.45, 7) is 1.05. The van der Waals surface area contributed by atoms with Crippen molar-refractivity contribution in [3.63, 3.8) is 0 Å². The van der Waals surface area contributed by atoms with E-state index in [0.717, 1.165) is 23.3 Å². The fourth-order valence-corrected chi connectivity index (χ4v) is 4.64. The van der Waals surface area contributed by atoms with E-state index in [4.69, 9.17) is 9.57 Å². The van der Waals surface area contributed by atoms with Gasteiger partial charge >= 0.3 is 0 Å². The third-order valence-electron chi connectivity index (χ3n) is 5.94. The van der Waals surface area contributed by atoms with Crippen molar-refractivity contribution >= 4 is 33.4 Å². The number of amides is 1. The Bertz CT molecular complexity index is 1250. The van der Waals surface area contributed by atoms with Crippen LogP contribution in [0.4, 0.5) is 10.1 Å². The summed E-state index contributed by atoms with van der Waals surface area (Å²) in [4.78, 5) is 20.2. The Balaban J connectivity index is 1.33. The molecule has 0 aromatic heterocycles. The number of benzene rings is 2. The molecule has 1 spiro atoms. The second-order valence-corrected chi connectivity index (χ2v) is 10.2. The Labute approximate surface area is 198 Å². The summed E-state index contributed by atoms with van der Waals surface area (Å²) in [5.74, 6) is -0.139. The molecule has 4 rings (SSSR count). The van der Waals surface area contributed by atoms with E-state index in [1.165, 1.54) is 30.4 Å². The van der Waals surface area contributed by atoms with Gasteiger partial charge in [0.2, 0.25) is 15.9 Å². The molecule has 1 amide bonds. The van der Waals surface area contributed by atoms with E-state index in [1.54, 1.807) is 12.0 Å². The van der Waals surface area contributed by atoms with Gasteiger partial charge < -0.3 is 14.5 Å². The lowest BCUT2D eigenvalue weighted by molar-refractivity contribution is -0.131. The van der Waals surface area contributed by atoms with Gasteiger partial charge in [0.25, 0.3) is 0 Å². The van der Waals surface area contributed by atoms with Gasteiger partial charge in [-0.2, -0.15) is 0 Å². The zero-order chi connectivity index (χ0) is 24.3. The van der Waals surface area contributed by atoms with E-state index in [-0.39, 0.29) is 11.6 Å². The van der Waals surface area contributed by atoms with Crippen LogP contribution in [0.15, 0.2) is 53.7 Å². The molecule has 0 aliphatic carbocycles. The van der Waals surface area contributed by atoms with Crippen LogP contribution in [0.3, 0.4) is 0 Å². The summed E-state index contributed by atoms with van der Waals surface area (Å²) in [5, 5.41) is 4.31. The van der Waals surface area contributed by atoms with Crippen LogP contribution in [0.1, 0.15) is 30.4 Å². The molecule has 2 aliphatic rings. The Morgan fingerprint density at radius 3 is 2.68 bits per heavy atom. The normalized spacial score (nSPS) is 17.5. The average molecular weight is 488 g/mol. The minimum Gasteiger partial charge on any atom is -0.497 e. The van der Waals surface area contributed by atoms with E-state index in [0.29, 0.717) is 37.9 Å². The number of carbonyl (C=O) groups excluding carboxylic acids is 1. The molecule has 1 fully saturated rings. The number of anilines is 1. The Morgan fingerprint density at radius 2 is 2.00 bits per heavy atom. The van der Waals surface area contributed by atoms with Gasteiger partial charge in [0.15, 0.2) is 0 Å². The maximum Gasteiger partial charge on any atom is 0.246 e. The van der Waals surface area contributed by atoms with Crippen molar-refractivity contribution in [3.8, 4) is 5.75 Å². The number of carbonyl (C=O) groups is 1. The monoisotopic (exact) mass is 487 g/mol. The lowest BCUT2D eigenvalue weighted by atomic mass is 9.85. The lowest BCUT2D eigenvalue weighted by Crippen LogP contribution is -2.46. The van der Waals surface area contributed by atoms with Gasteiger partial charge in [-0.3, -0.25) is 9.52 Å². The number of rotatable bonds is 6. The SMILES string of the molecule is COc1cccc(C2=NOC3(CCN(C(=O)/C=C/c4ccc(NS(C)(=O)=O)c(F)c4)CC3)C2)c1. The average Bonchev–Trinajstić information content (AvgIpc) is 3.22. The Kier molecular flexibility index (Phi) is 6.60. The highest BCUT2D eigenvalue weighted by Gasteiger charge is 2.42. The number of oxime groups is 1. The van der Waals surface area contributed by atoms with Crippen LogP contribution in [0.5, 0.6) is 5.75 Å². The number of likely N-dealkylation sites (tertiary alicyclic amines) is 1. The molecule has 180 valence electrons. The highest BCUT2D eigenvalue weighted by atomic mass is 32.2. The summed E-state index contributed by atoms with van der Waals surface area (Å²) >= 11 is 0. The number of methoxy groups -OCH3 is 1. The van der Waals surface area contributed by atoms with E-state index in [2.05, 4.69) is 9.88 Å². The summed E-state index contributed by atoms with van der Waals surface area (Å²) in [5.41, 5.74) is 1.73. The molecule has 2 heterocycles. The molecular weight excluding hydrogens is 461 g/mol. The first kappa shape index (κ1) is 23.7. The fourth-order valence-electron chi connectivity index (χ4n) is 4.07. The van der Waals surface area contributed by atoms with Gasteiger partial charge in [-0.05, 0) is 35.9 Å². The number of hydrogen-bond donors (Lipinski definition) is 1. The molecule has 2 aromatic rings. The summed E-state index contributed by atoms with van der Waals surface area (Å²) < 4.78 is 44.1. The van der Waals surface area contributed by atoms with Gasteiger partial charge in [-0.25, -0.2) is 12.8 Å². The number of nitrogens with one attached hydrogen (secondary N) is 1. The standard InChI is InChI=1S/C24H26FN3O5S/c1-32-19-5-3-4-18(15-19)22-16-24(33-26-22)10-12-28(13-11-24)23(29)9-7-17-6-8-21(20(25)14-17)27-34(2,30)31/h3-9,14-15,27H,10-13,16H2,1-2H3/b9-7+. The predicted molar refractivity (Wildman–Crippen MR) is 128 cm³/mol. The maximum atomic E-state index is 14.1. The zero-order valence-electron chi connectivity index (χ0n) is 19.0. The quantitative estimate of drug-likeness (QED) is 0.630. The Hall–Kier alpha value is -3.40. The van der Waals surface area contributed by atoms with Crippen molar-refractivity contribution in [2.24, 2.45) is 5.16 Å². The third kappa shape index (κ3) is 5.56. The van der Waals surface area contributed by atoms with Crippen LogP contribution in [0.2, 0.25) is 0 Å². The largest absolute Gasteiger partial charge is 0.497 e. The number of sulfonamides is 1. The van der Waals surface area contributed by atoms with Crippen molar-refractivity contribution < 1.29 is 27.2 Å². The molecule has 0 atom stereocenters. The van der Waals surface area contributed by atoms with Crippen molar-refractivity contribution in [1.29, 1.82) is 0 Å². The fraction of sp³-hybridized carbons (Fsp3) is 0.333. The van der Waals surface area contributed by atoms with E-state index in [9.17, 15) is 17.6 Å². The minimum absolute atomic E-state index is 0.139. The predicted octanol–water partition coefficient (Wildman–Crippen LogP) is 3.40.